The van der Waals surface area contributed by atoms with Gasteiger partial charge in [0.1, 0.15) is 0 Å². The van der Waals surface area contributed by atoms with Crippen molar-refractivity contribution in [1.82, 2.24) is 4.98 Å². The normalized spacial score (nSPS) is 10.7. The Morgan fingerprint density at radius 1 is 1.28 bits per heavy atom. The molecule has 18 heavy (non-hydrogen) atoms. The second-order valence-corrected chi connectivity index (χ2v) is 5.26. The maximum Gasteiger partial charge on any atom is 0.305 e. The minimum absolute atomic E-state index is 0.103. The average molecular weight is 315 g/mol. The smallest absolute Gasteiger partial charge is 0.258 e. The molecule has 0 aromatic carbocycles. The van der Waals surface area contributed by atoms with E-state index in [-0.39, 0.29) is 10.6 Å². The van der Waals surface area contributed by atoms with E-state index in [0.29, 0.717) is 4.60 Å². The summed E-state index contributed by atoms with van der Waals surface area (Å²) in [6, 6.07) is 0. The molecule has 0 fully saturated rings. The van der Waals surface area contributed by atoms with Crippen LogP contribution < -0.4 is 0 Å². The quantitative estimate of drug-likeness (QED) is 0.336. The summed E-state index contributed by atoms with van der Waals surface area (Å²) in [5, 5.41) is 11.0. The monoisotopic (exact) mass is 314 g/mol. The van der Waals surface area contributed by atoms with Crippen LogP contribution in [0.4, 0.5) is 5.69 Å². The lowest BCUT2D eigenvalue weighted by Crippen LogP contribution is -2.04. The molecule has 0 aliphatic rings. The fourth-order valence-electron chi connectivity index (χ4n) is 2.15. The Balaban J connectivity index is 2.97. The van der Waals surface area contributed by atoms with E-state index in [4.69, 9.17) is 0 Å². The topological polar surface area (TPSA) is 56.0 Å². The molecule has 1 heterocycles. The van der Waals surface area contributed by atoms with Crippen LogP contribution in [0, 0.1) is 24.0 Å². The van der Waals surface area contributed by atoms with E-state index in [0.717, 1.165) is 29.7 Å². The van der Waals surface area contributed by atoms with Crippen molar-refractivity contribution >= 4 is 21.6 Å². The average Bonchev–Trinajstić information content (AvgIpc) is 2.26. The SMILES string of the molecule is CCCCCCc1c(C)nc(Br)c([N+](=O)[O-])c1C. The van der Waals surface area contributed by atoms with Crippen LogP contribution in [0.2, 0.25) is 0 Å². The molecule has 1 aromatic rings. The first kappa shape index (κ1) is 15.1. The summed E-state index contributed by atoms with van der Waals surface area (Å²) in [5.74, 6) is 0. The molecule has 0 radical (unpaired) electrons. The van der Waals surface area contributed by atoms with Gasteiger partial charge in [0.2, 0.25) is 0 Å². The van der Waals surface area contributed by atoms with Crippen LogP contribution in [0.3, 0.4) is 0 Å². The lowest BCUT2D eigenvalue weighted by atomic mass is 10.00. The maximum atomic E-state index is 11.0. The summed E-state index contributed by atoms with van der Waals surface area (Å²) in [4.78, 5) is 14.9. The summed E-state index contributed by atoms with van der Waals surface area (Å²) in [5.41, 5.74) is 2.77. The number of aryl methyl sites for hydroxylation is 1. The first-order valence-electron chi connectivity index (χ1n) is 6.29. The zero-order valence-corrected chi connectivity index (χ0v) is 12.7. The highest BCUT2D eigenvalue weighted by atomic mass is 79.9. The molecule has 0 atom stereocenters. The number of pyridine rings is 1. The summed E-state index contributed by atoms with van der Waals surface area (Å²) < 4.78 is 0.333. The van der Waals surface area contributed by atoms with Gasteiger partial charge in [0, 0.05) is 11.3 Å². The molecule has 0 aliphatic carbocycles. The third-order valence-corrected chi connectivity index (χ3v) is 3.72. The third-order valence-electron chi connectivity index (χ3n) is 3.17. The molecule has 4 nitrogen and oxygen atoms in total. The second kappa shape index (κ2) is 6.83. The van der Waals surface area contributed by atoms with Crippen LogP contribution in [0.5, 0.6) is 0 Å². The molecule has 0 bridgehead atoms. The van der Waals surface area contributed by atoms with Gasteiger partial charge in [-0.25, -0.2) is 4.98 Å². The van der Waals surface area contributed by atoms with Gasteiger partial charge in [-0.3, -0.25) is 10.1 Å². The van der Waals surface area contributed by atoms with E-state index in [1.165, 1.54) is 19.3 Å². The zero-order chi connectivity index (χ0) is 13.7. The number of unbranched alkanes of at least 4 members (excludes halogenated alkanes) is 3. The third kappa shape index (κ3) is 3.51. The van der Waals surface area contributed by atoms with Crippen molar-refractivity contribution in [1.29, 1.82) is 0 Å². The first-order chi connectivity index (χ1) is 8.49. The van der Waals surface area contributed by atoms with E-state index in [1.807, 2.05) is 13.8 Å². The lowest BCUT2D eigenvalue weighted by Gasteiger charge is -2.10. The van der Waals surface area contributed by atoms with Crippen LogP contribution in [0.15, 0.2) is 4.60 Å². The Kier molecular flexibility index (Phi) is 5.72. The predicted octanol–water partition coefficient (Wildman–Crippen LogP) is 4.49. The number of hydrogen-bond donors (Lipinski definition) is 0. The van der Waals surface area contributed by atoms with Crippen molar-refractivity contribution in [3.63, 3.8) is 0 Å². The first-order valence-corrected chi connectivity index (χ1v) is 7.08. The van der Waals surface area contributed by atoms with Gasteiger partial charge in [-0.2, -0.15) is 0 Å². The molecule has 1 rings (SSSR count). The van der Waals surface area contributed by atoms with Crippen LogP contribution in [-0.2, 0) is 6.42 Å². The number of aromatic nitrogens is 1. The number of rotatable bonds is 6. The Bertz CT molecular complexity index is 447. The van der Waals surface area contributed by atoms with Gasteiger partial charge < -0.3 is 0 Å². The predicted molar refractivity (Wildman–Crippen MR) is 75.9 cm³/mol. The zero-order valence-electron chi connectivity index (χ0n) is 11.1. The van der Waals surface area contributed by atoms with Crippen molar-refractivity contribution in [2.24, 2.45) is 0 Å². The fourth-order valence-corrected chi connectivity index (χ4v) is 2.85. The van der Waals surface area contributed by atoms with Crippen molar-refractivity contribution in [3.8, 4) is 0 Å². The highest BCUT2D eigenvalue weighted by Gasteiger charge is 2.21. The van der Waals surface area contributed by atoms with Crippen molar-refractivity contribution in [3.05, 3.63) is 31.5 Å². The van der Waals surface area contributed by atoms with Gasteiger partial charge in [-0.1, -0.05) is 26.2 Å². The Morgan fingerprint density at radius 2 is 1.94 bits per heavy atom. The summed E-state index contributed by atoms with van der Waals surface area (Å²) >= 11 is 3.17. The van der Waals surface area contributed by atoms with Crippen LogP contribution in [-0.4, -0.2) is 9.91 Å². The molecule has 1 aromatic heterocycles. The van der Waals surface area contributed by atoms with Crippen molar-refractivity contribution in [2.75, 3.05) is 0 Å². The molecule has 0 N–H and O–H groups in total. The van der Waals surface area contributed by atoms with E-state index in [1.54, 1.807) is 0 Å². The lowest BCUT2D eigenvalue weighted by molar-refractivity contribution is -0.386. The van der Waals surface area contributed by atoms with Gasteiger partial charge in [0.25, 0.3) is 0 Å². The van der Waals surface area contributed by atoms with Crippen molar-refractivity contribution < 1.29 is 4.92 Å². The molecule has 0 amide bonds. The highest BCUT2D eigenvalue weighted by Crippen LogP contribution is 2.31. The number of nitro groups is 1. The Labute approximate surface area is 116 Å². The summed E-state index contributed by atoms with van der Waals surface area (Å²) in [7, 11) is 0. The van der Waals surface area contributed by atoms with E-state index in [2.05, 4.69) is 27.8 Å². The fraction of sp³-hybridized carbons (Fsp3) is 0.615. The standard InChI is InChI=1S/C13H19BrN2O2/c1-4-5-6-7-8-11-9(2)12(16(17)18)13(14)15-10(11)3/h4-8H2,1-3H3. The molecule has 0 saturated carbocycles. The molecule has 0 aliphatic heterocycles. The number of hydrogen-bond acceptors (Lipinski definition) is 3. The molecule has 5 heteroatoms. The van der Waals surface area contributed by atoms with E-state index < -0.39 is 0 Å². The number of halogens is 1. The van der Waals surface area contributed by atoms with Crippen LogP contribution >= 0.6 is 15.9 Å². The molecule has 0 unspecified atom stereocenters. The maximum absolute atomic E-state index is 11.0. The van der Waals surface area contributed by atoms with E-state index >= 15 is 0 Å². The van der Waals surface area contributed by atoms with Gasteiger partial charge in [-0.05, 0) is 48.2 Å². The van der Waals surface area contributed by atoms with Gasteiger partial charge in [0.15, 0.2) is 4.60 Å². The summed E-state index contributed by atoms with van der Waals surface area (Å²) in [6.45, 7) is 5.89. The van der Waals surface area contributed by atoms with Crippen LogP contribution in [0.1, 0.15) is 49.4 Å². The Hall–Kier alpha value is -0.970. The van der Waals surface area contributed by atoms with Crippen LogP contribution in [0.25, 0.3) is 0 Å². The Morgan fingerprint density at radius 3 is 2.50 bits per heavy atom. The second-order valence-electron chi connectivity index (χ2n) is 4.51. The van der Waals surface area contributed by atoms with Gasteiger partial charge in [0.05, 0.1) is 4.92 Å². The van der Waals surface area contributed by atoms with Crippen molar-refractivity contribution in [2.45, 2.75) is 52.9 Å². The molecular formula is C13H19BrN2O2. The largest absolute Gasteiger partial charge is 0.305 e. The molecular weight excluding hydrogens is 296 g/mol. The molecule has 0 spiro atoms. The summed E-state index contributed by atoms with van der Waals surface area (Å²) in [6.07, 6.45) is 5.51. The molecule has 100 valence electrons. The van der Waals surface area contributed by atoms with E-state index in [9.17, 15) is 10.1 Å². The minimum atomic E-state index is -0.360. The molecule has 0 saturated heterocycles. The number of nitrogens with zero attached hydrogens (tertiary/aromatic N) is 2. The highest BCUT2D eigenvalue weighted by molar-refractivity contribution is 9.10. The van der Waals surface area contributed by atoms with Gasteiger partial charge in [-0.15, -0.1) is 0 Å². The minimum Gasteiger partial charge on any atom is -0.258 e. The van der Waals surface area contributed by atoms with Gasteiger partial charge >= 0.3 is 5.69 Å².